The molecule has 2 heterocycles. The van der Waals surface area contributed by atoms with Gasteiger partial charge in [-0.1, -0.05) is 5.16 Å². The van der Waals surface area contributed by atoms with Crippen molar-refractivity contribution in [3.05, 3.63) is 11.7 Å². The fourth-order valence-electron chi connectivity index (χ4n) is 2.00. The van der Waals surface area contributed by atoms with Crippen LogP contribution < -0.4 is 0 Å². The predicted octanol–water partition coefficient (Wildman–Crippen LogP) is 0.645. The molecular formula is C11H18N2O4. The topological polar surface area (TPSA) is 77.6 Å². The van der Waals surface area contributed by atoms with E-state index in [9.17, 15) is 5.11 Å². The number of aliphatic hydroxyl groups is 1. The van der Waals surface area contributed by atoms with Crippen LogP contribution in [0.2, 0.25) is 0 Å². The zero-order chi connectivity index (χ0) is 12.3. The van der Waals surface area contributed by atoms with Crippen LogP contribution in [0, 0.1) is 0 Å². The lowest BCUT2D eigenvalue weighted by molar-refractivity contribution is -0.101. The van der Waals surface area contributed by atoms with Gasteiger partial charge in [-0.25, -0.2) is 0 Å². The third-order valence-corrected chi connectivity index (χ3v) is 3.04. The van der Waals surface area contributed by atoms with Crippen molar-refractivity contribution in [1.29, 1.82) is 0 Å². The molecule has 0 radical (unpaired) electrons. The minimum Gasteiger partial charge on any atom is -0.393 e. The van der Waals surface area contributed by atoms with Crippen molar-refractivity contribution in [3.8, 4) is 0 Å². The van der Waals surface area contributed by atoms with E-state index in [-0.39, 0.29) is 0 Å². The summed E-state index contributed by atoms with van der Waals surface area (Å²) < 4.78 is 16.0. The van der Waals surface area contributed by atoms with Gasteiger partial charge in [-0.05, 0) is 6.92 Å². The molecule has 96 valence electrons. The van der Waals surface area contributed by atoms with Crippen molar-refractivity contribution in [3.63, 3.8) is 0 Å². The van der Waals surface area contributed by atoms with Crippen LogP contribution in [-0.2, 0) is 21.5 Å². The lowest BCUT2D eigenvalue weighted by atomic mass is 9.93. The van der Waals surface area contributed by atoms with Gasteiger partial charge in [0.2, 0.25) is 11.7 Å². The van der Waals surface area contributed by atoms with Crippen LogP contribution in [0.5, 0.6) is 0 Å². The lowest BCUT2D eigenvalue weighted by Gasteiger charge is -2.32. The van der Waals surface area contributed by atoms with E-state index in [2.05, 4.69) is 10.1 Å². The Morgan fingerprint density at radius 2 is 2.18 bits per heavy atom. The maximum absolute atomic E-state index is 9.27. The highest BCUT2D eigenvalue weighted by molar-refractivity contribution is 5.03. The number of aliphatic hydroxyl groups excluding tert-OH is 1. The van der Waals surface area contributed by atoms with Crippen LogP contribution in [0.1, 0.15) is 31.5 Å². The molecule has 1 atom stereocenters. The Hall–Kier alpha value is -0.980. The van der Waals surface area contributed by atoms with E-state index in [4.69, 9.17) is 14.0 Å². The van der Waals surface area contributed by atoms with Crippen molar-refractivity contribution in [2.75, 3.05) is 20.3 Å². The second kappa shape index (κ2) is 5.12. The number of hydrogen-bond acceptors (Lipinski definition) is 6. The molecule has 0 saturated carbocycles. The van der Waals surface area contributed by atoms with Crippen molar-refractivity contribution in [1.82, 2.24) is 10.1 Å². The fraction of sp³-hybridized carbons (Fsp3) is 0.818. The highest BCUT2D eigenvalue weighted by atomic mass is 16.5. The minimum atomic E-state index is -0.501. The summed E-state index contributed by atoms with van der Waals surface area (Å²) in [5, 5.41) is 13.2. The third-order valence-electron chi connectivity index (χ3n) is 3.04. The average Bonchev–Trinajstić information content (AvgIpc) is 2.78. The Labute approximate surface area is 99.9 Å². The van der Waals surface area contributed by atoms with E-state index in [0.717, 1.165) is 12.8 Å². The Morgan fingerprint density at radius 3 is 2.76 bits per heavy atom. The van der Waals surface area contributed by atoms with Crippen molar-refractivity contribution >= 4 is 0 Å². The zero-order valence-corrected chi connectivity index (χ0v) is 10.2. The molecule has 6 heteroatoms. The smallest absolute Gasteiger partial charge is 0.229 e. The standard InChI is InChI=1S/C11H18N2O4/c1-8(14)7-9-12-10(13-17-9)11(15-2)3-5-16-6-4-11/h8,14H,3-7H2,1-2H3. The van der Waals surface area contributed by atoms with Crippen LogP contribution in [-0.4, -0.2) is 41.7 Å². The average molecular weight is 242 g/mol. The normalized spacial score (nSPS) is 21.4. The van der Waals surface area contributed by atoms with Gasteiger partial charge in [0.1, 0.15) is 5.60 Å². The highest BCUT2D eigenvalue weighted by Gasteiger charge is 2.39. The van der Waals surface area contributed by atoms with E-state index >= 15 is 0 Å². The Morgan fingerprint density at radius 1 is 1.47 bits per heavy atom. The van der Waals surface area contributed by atoms with Crippen molar-refractivity contribution < 1.29 is 19.1 Å². The summed E-state index contributed by atoms with van der Waals surface area (Å²) in [6.45, 7) is 2.95. The highest BCUT2D eigenvalue weighted by Crippen LogP contribution is 2.33. The quantitative estimate of drug-likeness (QED) is 0.835. The molecular weight excluding hydrogens is 224 g/mol. The zero-order valence-electron chi connectivity index (χ0n) is 10.2. The molecule has 0 amide bonds. The van der Waals surface area contributed by atoms with E-state index in [1.807, 2.05) is 0 Å². The number of nitrogens with zero attached hydrogens (tertiary/aromatic N) is 2. The first-order valence-electron chi connectivity index (χ1n) is 5.80. The molecule has 6 nitrogen and oxygen atoms in total. The Balaban J connectivity index is 2.16. The maximum Gasteiger partial charge on any atom is 0.229 e. The van der Waals surface area contributed by atoms with Gasteiger partial charge in [-0.15, -0.1) is 0 Å². The molecule has 1 unspecified atom stereocenters. The van der Waals surface area contributed by atoms with Crippen LogP contribution in [0.3, 0.4) is 0 Å². The van der Waals surface area contributed by atoms with Gasteiger partial charge in [0.05, 0.1) is 12.5 Å². The summed E-state index contributed by atoms with van der Waals surface area (Å²) in [7, 11) is 1.65. The molecule has 1 aromatic rings. The van der Waals surface area contributed by atoms with Gasteiger partial charge in [-0.2, -0.15) is 4.98 Å². The van der Waals surface area contributed by atoms with E-state index in [1.54, 1.807) is 14.0 Å². The molecule has 2 rings (SSSR count). The fourth-order valence-corrected chi connectivity index (χ4v) is 2.00. The number of aromatic nitrogens is 2. The summed E-state index contributed by atoms with van der Waals surface area (Å²) in [4.78, 5) is 4.30. The van der Waals surface area contributed by atoms with Gasteiger partial charge in [0.25, 0.3) is 0 Å². The van der Waals surface area contributed by atoms with Gasteiger partial charge < -0.3 is 19.1 Å². The van der Waals surface area contributed by atoms with Gasteiger partial charge in [-0.3, -0.25) is 0 Å². The summed E-state index contributed by atoms with van der Waals surface area (Å²) in [6, 6.07) is 0. The molecule has 1 aromatic heterocycles. The van der Waals surface area contributed by atoms with Crippen LogP contribution in [0.15, 0.2) is 4.52 Å². The minimum absolute atomic E-state index is 0.364. The van der Waals surface area contributed by atoms with Crippen LogP contribution in [0.25, 0.3) is 0 Å². The third kappa shape index (κ3) is 2.65. The summed E-state index contributed by atoms with van der Waals surface area (Å²) in [5.74, 6) is 0.997. The van der Waals surface area contributed by atoms with Crippen molar-refractivity contribution in [2.45, 2.75) is 37.9 Å². The predicted molar refractivity (Wildman–Crippen MR) is 58.4 cm³/mol. The second-order valence-corrected chi connectivity index (χ2v) is 4.38. The van der Waals surface area contributed by atoms with Gasteiger partial charge in [0, 0.05) is 33.2 Å². The number of ether oxygens (including phenoxy) is 2. The van der Waals surface area contributed by atoms with E-state index in [0.29, 0.717) is 31.3 Å². The van der Waals surface area contributed by atoms with Gasteiger partial charge >= 0.3 is 0 Å². The molecule has 0 aliphatic carbocycles. The van der Waals surface area contributed by atoms with Crippen LogP contribution >= 0.6 is 0 Å². The SMILES string of the molecule is COC1(c2noc(CC(C)O)n2)CCOCC1. The molecule has 0 aromatic carbocycles. The lowest BCUT2D eigenvalue weighted by Crippen LogP contribution is -2.36. The summed E-state index contributed by atoms with van der Waals surface area (Å²) in [5.41, 5.74) is -0.501. The largest absolute Gasteiger partial charge is 0.393 e. The van der Waals surface area contributed by atoms with Gasteiger partial charge in [0.15, 0.2) is 0 Å². The Kier molecular flexibility index (Phi) is 3.76. The number of methoxy groups -OCH3 is 1. The number of rotatable bonds is 4. The number of hydrogen-bond donors (Lipinski definition) is 1. The monoisotopic (exact) mass is 242 g/mol. The molecule has 0 spiro atoms. The molecule has 1 aliphatic rings. The first-order chi connectivity index (χ1) is 8.16. The Bertz CT molecular complexity index is 358. The summed E-state index contributed by atoms with van der Waals surface area (Å²) >= 11 is 0. The van der Waals surface area contributed by atoms with Crippen molar-refractivity contribution in [2.24, 2.45) is 0 Å². The first kappa shape index (κ1) is 12.5. The van der Waals surface area contributed by atoms with E-state index in [1.165, 1.54) is 0 Å². The first-order valence-corrected chi connectivity index (χ1v) is 5.80. The van der Waals surface area contributed by atoms with Crippen LogP contribution in [0.4, 0.5) is 0 Å². The second-order valence-electron chi connectivity index (χ2n) is 4.38. The molecule has 1 saturated heterocycles. The molecule has 1 aliphatic heterocycles. The molecule has 0 bridgehead atoms. The molecule has 1 fully saturated rings. The molecule has 1 N–H and O–H groups in total. The maximum atomic E-state index is 9.27. The summed E-state index contributed by atoms with van der Waals surface area (Å²) in [6.07, 6.45) is 1.31. The molecule has 17 heavy (non-hydrogen) atoms. The van der Waals surface area contributed by atoms with E-state index < -0.39 is 11.7 Å².